The first-order valence-electron chi connectivity index (χ1n) is 4.19. The molecule has 12 heavy (non-hydrogen) atoms. The van der Waals surface area contributed by atoms with Gasteiger partial charge < -0.3 is 4.42 Å². The number of rotatable bonds is 2. The van der Waals surface area contributed by atoms with E-state index >= 15 is 0 Å². The summed E-state index contributed by atoms with van der Waals surface area (Å²) in [4.78, 5) is 2.42. The Balaban J connectivity index is 1.88. The number of hydrogen-bond donors (Lipinski definition) is 0. The van der Waals surface area contributed by atoms with Crippen molar-refractivity contribution in [2.24, 2.45) is 5.92 Å². The molecule has 1 aliphatic heterocycles. The van der Waals surface area contributed by atoms with Gasteiger partial charge in [-0.25, -0.2) is 0 Å². The number of halogens is 1. The lowest BCUT2D eigenvalue weighted by Crippen LogP contribution is -2.44. The Bertz CT molecular complexity index is 265. The van der Waals surface area contributed by atoms with Crippen molar-refractivity contribution in [2.45, 2.75) is 13.5 Å². The van der Waals surface area contributed by atoms with Crippen molar-refractivity contribution >= 4 is 15.9 Å². The normalized spacial score (nSPS) is 19.5. The molecule has 1 aliphatic rings. The minimum absolute atomic E-state index is 0.825. The van der Waals surface area contributed by atoms with Crippen LogP contribution in [0.3, 0.4) is 0 Å². The van der Waals surface area contributed by atoms with Crippen molar-refractivity contribution < 1.29 is 4.42 Å². The predicted octanol–water partition coefficient (Wildman–Crippen LogP) is 2.49. The van der Waals surface area contributed by atoms with Crippen LogP contribution in [0.4, 0.5) is 0 Å². The minimum Gasteiger partial charge on any atom is -0.457 e. The summed E-state index contributed by atoms with van der Waals surface area (Å²) < 4.78 is 5.98. The maximum Gasteiger partial charge on any atom is 0.169 e. The third-order valence-electron chi connectivity index (χ3n) is 2.17. The van der Waals surface area contributed by atoms with Crippen LogP contribution in [-0.4, -0.2) is 18.0 Å². The lowest BCUT2D eigenvalue weighted by molar-refractivity contribution is 0.104. The van der Waals surface area contributed by atoms with Crippen LogP contribution in [0.5, 0.6) is 0 Å². The van der Waals surface area contributed by atoms with E-state index in [9.17, 15) is 0 Å². The van der Waals surface area contributed by atoms with E-state index in [4.69, 9.17) is 4.42 Å². The molecule has 0 amide bonds. The summed E-state index contributed by atoms with van der Waals surface area (Å²) in [6.07, 6.45) is 1.81. The van der Waals surface area contributed by atoms with Crippen LogP contribution in [0.25, 0.3) is 0 Å². The first-order chi connectivity index (χ1) is 5.74. The van der Waals surface area contributed by atoms with Crippen LogP contribution in [0, 0.1) is 5.92 Å². The molecule has 0 aliphatic carbocycles. The maximum absolute atomic E-state index is 5.15. The highest BCUT2D eigenvalue weighted by atomic mass is 79.9. The highest BCUT2D eigenvalue weighted by Gasteiger charge is 2.22. The van der Waals surface area contributed by atoms with Crippen LogP contribution in [-0.2, 0) is 6.54 Å². The molecule has 3 heteroatoms. The van der Waals surface area contributed by atoms with Crippen molar-refractivity contribution in [3.05, 3.63) is 22.6 Å². The van der Waals surface area contributed by atoms with Gasteiger partial charge in [-0.2, -0.15) is 0 Å². The fourth-order valence-electron chi connectivity index (χ4n) is 1.64. The fraction of sp³-hybridized carbons (Fsp3) is 0.556. The molecule has 2 rings (SSSR count). The standard InChI is InChI=1S/C9H12BrNO/c1-7-3-11(4-7)5-8-2-9(10)12-6-8/h2,6-7H,3-5H2,1H3. The second-order valence-corrected chi connectivity index (χ2v) is 4.34. The van der Waals surface area contributed by atoms with Gasteiger partial charge in [0, 0.05) is 25.2 Å². The van der Waals surface area contributed by atoms with Gasteiger partial charge in [0.05, 0.1) is 6.26 Å². The largest absolute Gasteiger partial charge is 0.457 e. The molecule has 0 saturated carbocycles. The third-order valence-corrected chi connectivity index (χ3v) is 2.58. The highest BCUT2D eigenvalue weighted by molar-refractivity contribution is 9.10. The molecule has 1 saturated heterocycles. The summed E-state index contributed by atoms with van der Waals surface area (Å²) in [5.41, 5.74) is 1.26. The molecule has 0 atom stereocenters. The monoisotopic (exact) mass is 229 g/mol. The van der Waals surface area contributed by atoms with Crippen molar-refractivity contribution in [1.29, 1.82) is 0 Å². The van der Waals surface area contributed by atoms with Gasteiger partial charge in [0.25, 0.3) is 0 Å². The van der Waals surface area contributed by atoms with Gasteiger partial charge in [0.1, 0.15) is 0 Å². The zero-order chi connectivity index (χ0) is 8.55. The Morgan fingerprint density at radius 1 is 1.67 bits per heavy atom. The molecule has 0 N–H and O–H groups in total. The van der Waals surface area contributed by atoms with Gasteiger partial charge in [0.15, 0.2) is 4.67 Å². The first-order valence-corrected chi connectivity index (χ1v) is 4.98. The molecule has 0 spiro atoms. The Hall–Kier alpha value is -0.280. The quantitative estimate of drug-likeness (QED) is 0.776. The molecular formula is C9H12BrNO. The molecule has 1 aromatic heterocycles. The summed E-state index contributed by atoms with van der Waals surface area (Å²) in [5.74, 6) is 0.875. The molecule has 1 aromatic rings. The SMILES string of the molecule is CC1CN(Cc2coc(Br)c2)C1. The molecular weight excluding hydrogens is 218 g/mol. The van der Waals surface area contributed by atoms with E-state index in [1.54, 1.807) is 0 Å². The van der Waals surface area contributed by atoms with Crippen molar-refractivity contribution in [3.63, 3.8) is 0 Å². The third kappa shape index (κ3) is 1.72. The average Bonchev–Trinajstić information content (AvgIpc) is 2.33. The van der Waals surface area contributed by atoms with E-state index in [1.165, 1.54) is 18.7 Å². The Labute approximate surface area is 80.7 Å². The number of nitrogens with zero attached hydrogens (tertiary/aromatic N) is 1. The molecule has 1 fully saturated rings. The van der Waals surface area contributed by atoms with E-state index < -0.39 is 0 Å². The summed E-state index contributed by atoms with van der Waals surface area (Å²) >= 11 is 3.29. The first kappa shape index (κ1) is 8.32. The smallest absolute Gasteiger partial charge is 0.169 e. The van der Waals surface area contributed by atoms with Gasteiger partial charge in [-0.3, -0.25) is 4.90 Å². The predicted molar refractivity (Wildman–Crippen MR) is 50.8 cm³/mol. The molecule has 0 unspecified atom stereocenters. The number of hydrogen-bond acceptors (Lipinski definition) is 2. The van der Waals surface area contributed by atoms with Gasteiger partial charge in [0.2, 0.25) is 0 Å². The molecule has 0 aromatic carbocycles. The zero-order valence-electron chi connectivity index (χ0n) is 7.09. The van der Waals surface area contributed by atoms with E-state index in [0.717, 1.165) is 17.1 Å². The van der Waals surface area contributed by atoms with Crippen molar-refractivity contribution in [1.82, 2.24) is 4.90 Å². The summed E-state index contributed by atoms with van der Waals surface area (Å²) in [5, 5.41) is 0. The second kappa shape index (κ2) is 3.23. The highest BCUT2D eigenvalue weighted by Crippen LogP contribution is 2.20. The topological polar surface area (TPSA) is 16.4 Å². The lowest BCUT2D eigenvalue weighted by Gasteiger charge is -2.36. The number of furan rings is 1. The minimum atomic E-state index is 0.825. The van der Waals surface area contributed by atoms with Gasteiger partial charge >= 0.3 is 0 Å². The van der Waals surface area contributed by atoms with E-state index in [1.807, 2.05) is 12.3 Å². The second-order valence-electron chi connectivity index (χ2n) is 3.56. The molecule has 0 radical (unpaired) electrons. The molecule has 66 valence electrons. The van der Waals surface area contributed by atoms with Crippen LogP contribution >= 0.6 is 15.9 Å². The van der Waals surface area contributed by atoms with Crippen LogP contribution in [0.1, 0.15) is 12.5 Å². The molecule has 2 heterocycles. The number of likely N-dealkylation sites (tertiary alicyclic amines) is 1. The summed E-state index contributed by atoms with van der Waals surface area (Å²) in [6, 6.07) is 2.03. The Kier molecular flexibility index (Phi) is 2.24. The van der Waals surface area contributed by atoms with Gasteiger partial charge in [-0.1, -0.05) is 6.92 Å². The van der Waals surface area contributed by atoms with Crippen molar-refractivity contribution in [3.8, 4) is 0 Å². The van der Waals surface area contributed by atoms with E-state index in [2.05, 4.69) is 27.8 Å². The maximum atomic E-state index is 5.15. The van der Waals surface area contributed by atoms with Crippen LogP contribution in [0.2, 0.25) is 0 Å². The average molecular weight is 230 g/mol. The Morgan fingerprint density at radius 2 is 2.42 bits per heavy atom. The van der Waals surface area contributed by atoms with Crippen molar-refractivity contribution in [2.75, 3.05) is 13.1 Å². The van der Waals surface area contributed by atoms with Crippen LogP contribution in [0.15, 0.2) is 21.4 Å². The molecule has 2 nitrogen and oxygen atoms in total. The molecule has 0 bridgehead atoms. The van der Waals surface area contributed by atoms with E-state index in [-0.39, 0.29) is 0 Å². The lowest BCUT2D eigenvalue weighted by atomic mass is 10.0. The van der Waals surface area contributed by atoms with Gasteiger partial charge in [-0.15, -0.1) is 0 Å². The summed E-state index contributed by atoms with van der Waals surface area (Å²) in [6.45, 7) is 5.76. The van der Waals surface area contributed by atoms with E-state index in [0.29, 0.717) is 0 Å². The zero-order valence-corrected chi connectivity index (χ0v) is 8.67. The fourth-order valence-corrected chi connectivity index (χ4v) is 2.03. The Morgan fingerprint density at radius 3 is 2.92 bits per heavy atom. The summed E-state index contributed by atoms with van der Waals surface area (Å²) in [7, 11) is 0. The van der Waals surface area contributed by atoms with Gasteiger partial charge in [-0.05, 0) is 27.9 Å². The van der Waals surface area contributed by atoms with Crippen LogP contribution < -0.4 is 0 Å².